The molecule has 1 atom stereocenters. The van der Waals surface area contributed by atoms with Crippen LogP contribution in [0.4, 0.5) is 23.0 Å². The molecule has 13 heteroatoms. The SMILES string of the molecule is CC1c2c(cnn2C2CN(Cc3cccc(C(=O)N4CCCC4)n3)C2)-c2cccc(Nc3cc(NC(=O)C4CC4)nc4ccnn34)c2N1C. The number of likely N-dealkylation sites (tertiary alicyclic amines) is 2. The third-order valence-electron chi connectivity index (χ3n) is 10.4. The fourth-order valence-corrected chi connectivity index (χ4v) is 7.51. The molecule has 13 nitrogen and oxygen atoms in total. The van der Waals surface area contributed by atoms with Gasteiger partial charge in [0.25, 0.3) is 5.91 Å². The Morgan fingerprint density at radius 2 is 1.78 bits per heavy atom. The summed E-state index contributed by atoms with van der Waals surface area (Å²) in [6, 6.07) is 16.1. The second kappa shape index (κ2) is 11.7. The Kier molecular flexibility index (Phi) is 7.11. The number of benzene rings is 1. The van der Waals surface area contributed by atoms with E-state index in [1.54, 1.807) is 10.7 Å². The number of hydrogen-bond donors (Lipinski definition) is 2. The first-order valence-corrected chi connectivity index (χ1v) is 17.2. The van der Waals surface area contributed by atoms with Crippen molar-refractivity contribution in [3.63, 3.8) is 0 Å². The van der Waals surface area contributed by atoms with Crippen molar-refractivity contribution in [2.24, 2.45) is 5.92 Å². The molecule has 4 aromatic heterocycles. The third kappa shape index (κ3) is 5.28. The lowest BCUT2D eigenvalue weighted by atomic mass is 9.93. The maximum Gasteiger partial charge on any atom is 0.272 e. The average Bonchev–Trinajstić information content (AvgIpc) is 3.43. The lowest BCUT2D eigenvalue weighted by Crippen LogP contribution is -2.48. The zero-order chi connectivity index (χ0) is 33.2. The summed E-state index contributed by atoms with van der Waals surface area (Å²) in [5.41, 5.74) is 7.57. The molecule has 0 spiro atoms. The molecule has 2 saturated heterocycles. The van der Waals surface area contributed by atoms with E-state index >= 15 is 0 Å². The van der Waals surface area contributed by atoms with Gasteiger partial charge in [0.2, 0.25) is 5.91 Å². The van der Waals surface area contributed by atoms with Crippen LogP contribution in [0, 0.1) is 5.92 Å². The van der Waals surface area contributed by atoms with Crippen molar-refractivity contribution in [3.8, 4) is 11.1 Å². The molecule has 0 radical (unpaired) electrons. The topological polar surface area (TPSA) is 129 Å². The van der Waals surface area contributed by atoms with E-state index in [-0.39, 0.29) is 29.8 Å². The summed E-state index contributed by atoms with van der Waals surface area (Å²) in [6.07, 6.45) is 7.71. The van der Waals surface area contributed by atoms with Gasteiger partial charge in [-0.05, 0) is 50.8 Å². The lowest BCUT2D eigenvalue weighted by molar-refractivity contribution is -0.117. The monoisotopic (exact) mass is 657 g/mol. The van der Waals surface area contributed by atoms with Crippen LogP contribution in [-0.4, -0.2) is 84.2 Å². The summed E-state index contributed by atoms with van der Waals surface area (Å²) in [4.78, 5) is 41.3. The molecule has 4 aliphatic rings. The molecule has 3 aliphatic heterocycles. The van der Waals surface area contributed by atoms with Gasteiger partial charge in [0.05, 0.1) is 47.2 Å². The fraction of sp³-hybridized carbons (Fsp3) is 0.389. The van der Waals surface area contributed by atoms with Gasteiger partial charge in [0, 0.05) is 68.9 Å². The first-order chi connectivity index (χ1) is 23.9. The highest BCUT2D eigenvalue weighted by atomic mass is 16.2. The second-order valence-corrected chi connectivity index (χ2v) is 13.8. The predicted molar refractivity (Wildman–Crippen MR) is 186 cm³/mol. The zero-order valence-corrected chi connectivity index (χ0v) is 27.7. The first-order valence-electron chi connectivity index (χ1n) is 17.2. The number of anilines is 4. The Morgan fingerprint density at radius 1 is 0.959 bits per heavy atom. The van der Waals surface area contributed by atoms with E-state index in [1.165, 1.54) is 5.69 Å². The van der Waals surface area contributed by atoms with Crippen molar-refractivity contribution in [1.29, 1.82) is 0 Å². The maximum absolute atomic E-state index is 12.9. The number of nitrogens with one attached hydrogen (secondary N) is 2. The van der Waals surface area contributed by atoms with Gasteiger partial charge in [-0.3, -0.25) is 19.2 Å². The molecule has 2 amide bonds. The molecule has 3 fully saturated rings. The van der Waals surface area contributed by atoms with Crippen LogP contribution in [-0.2, 0) is 11.3 Å². The third-order valence-corrected chi connectivity index (χ3v) is 10.4. The second-order valence-electron chi connectivity index (χ2n) is 13.8. The van der Waals surface area contributed by atoms with Crippen molar-refractivity contribution in [2.45, 2.75) is 51.2 Å². The number of rotatable bonds is 8. The van der Waals surface area contributed by atoms with Gasteiger partial charge in [-0.25, -0.2) is 9.97 Å². The summed E-state index contributed by atoms with van der Waals surface area (Å²) in [5.74, 6) is 1.36. The molecule has 1 aromatic carbocycles. The largest absolute Gasteiger partial charge is 0.364 e. The lowest BCUT2D eigenvalue weighted by Gasteiger charge is -2.42. The molecule has 1 unspecified atom stereocenters. The van der Waals surface area contributed by atoms with Crippen molar-refractivity contribution in [2.75, 3.05) is 48.8 Å². The summed E-state index contributed by atoms with van der Waals surface area (Å²) < 4.78 is 3.96. The van der Waals surface area contributed by atoms with E-state index in [9.17, 15) is 9.59 Å². The zero-order valence-electron chi connectivity index (χ0n) is 27.7. The molecule has 9 rings (SSSR count). The number of hydrogen-bond acceptors (Lipinski definition) is 9. The highest BCUT2D eigenvalue weighted by Crippen LogP contribution is 2.49. The number of amides is 2. The molecular formula is C36H39N11O2. The predicted octanol–water partition coefficient (Wildman–Crippen LogP) is 4.88. The van der Waals surface area contributed by atoms with Crippen molar-refractivity contribution in [3.05, 3.63) is 78.0 Å². The minimum atomic E-state index is 0.0161. The highest BCUT2D eigenvalue weighted by Gasteiger charge is 2.37. The molecule has 250 valence electrons. The van der Waals surface area contributed by atoms with Crippen molar-refractivity contribution in [1.82, 2.24) is 39.2 Å². The highest BCUT2D eigenvalue weighted by molar-refractivity contribution is 5.95. The van der Waals surface area contributed by atoms with Crippen LogP contribution < -0.4 is 15.5 Å². The molecule has 49 heavy (non-hydrogen) atoms. The maximum atomic E-state index is 12.9. The van der Waals surface area contributed by atoms with Crippen LogP contribution in [0.1, 0.15) is 66.6 Å². The van der Waals surface area contributed by atoms with Crippen LogP contribution in [0.3, 0.4) is 0 Å². The number of carbonyl (C=O) groups is 2. The Morgan fingerprint density at radius 3 is 2.59 bits per heavy atom. The normalized spacial score (nSPS) is 19.1. The Labute approximate surface area is 283 Å². The van der Waals surface area contributed by atoms with Gasteiger partial charge in [0.1, 0.15) is 17.3 Å². The Bertz CT molecular complexity index is 2090. The number of aromatic nitrogens is 6. The summed E-state index contributed by atoms with van der Waals surface area (Å²) in [6.45, 7) is 6.32. The van der Waals surface area contributed by atoms with E-state index in [2.05, 4.69) is 67.4 Å². The number of pyridine rings is 1. The Balaban J connectivity index is 0.944. The van der Waals surface area contributed by atoms with E-state index < -0.39 is 0 Å². The fourth-order valence-electron chi connectivity index (χ4n) is 7.51. The summed E-state index contributed by atoms with van der Waals surface area (Å²) in [5, 5.41) is 16.0. The molecule has 5 aromatic rings. The van der Waals surface area contributed by atoms with Crippen molar-refractivity contribution >= 4 is 40.5 Å². The Hall–Kier alpha value is -5.30. The first kappa shape index (κ1) is 29.8. The van der Waals surface area contributed by atoms with Crippen LogP contribution in [0.5, 0.6) is 0 Å². The minimum absolute atomic E-state index is 0.0161. The molecule has 1 aliphatic carbocycles. The quantitative estimate of drug-likeness (QED) is 0.240. The van der Waals surface area contributed by atoms with E-state index in [4.69, 9.17) is 10.1 Å². The molecule has 1 saturated carbocycles. The standard InChI is InChI=1S/C36H39N11O2/c1-22-33-27(18-38-46(33)25-20-44(21-25)19-24-7-5-10-29(39-24)36(49)45-15-3-4-16-45)26-8-6-9-28(34(26)43(22)2)40-32-17-30(42-35(48)23-11-12-23)41-31-13-14-37-47(31)32/h5-10,13-14,17-18,22-23,25,40H,3-4,11-12,15-16,19-21H2,1-2H3,(H,41,42,48). The number of fused-ring (bicyclic) bond motifs is 4. The van der Waals surface area contributed by atoms with Gasteiger partial charge >= 0.3 is 0 Å². The molecular weight excluding hydrogens is 618 g/mol. The molecule has 0 bridgehead atoms. The van der Waals surface area contributed by atoms with Crippen LogP contribution in [0.15, 0.2) is 60.9 Å². The van der Waals surface area contributed by atoms with Crippen LogP contribution in [0.25, 0.3) is 16.8 Å². The average molecular weight is 658 g/mol. The van der Waals surface area contributed by atoms with Crippen LogP contribution in [0.2, 0.25) is 0 Å². The van der Waals surface area contributed by atoms with Gasteiger partial charge in [-0.15, -0.1) is 0 Å². The van der Waals surface area contributed by atoms with Crippen molar-refractivity contribution < 1.29 is 9.59 Å². The van der Waals surface area contributed by atoms with Crippen LogP contribution >= 0.6 is 0 Å². The number of para-hydroxylation sites is 1. The summed E-state index contributed by atoms with van der Waals surface area (Å²) >= 11 is 0. The van der Waals surface area contributed by atoms with Gasteiger partial charge in [-0.1, -0.05) is 18.2 Å². The number of nitrogens with zero attached hydrogens (tertiary/aromatic N) is 9. The molecule has 7 heterocycles. The minimum Gasteiger partial charge on any atom is -0.364 e. The van der Waals surface area contributed by atoms with E-state index in [0.29, 0.717) is 29.5 Å². The smallest absolute Gasteiger partial charge is 0.272 e. The van der Waals surface area contributed by atoms with Gasteiger partial charge < -0.3 is 20.4 Å². The van der Waals surface area contributed by atoms with E-state index in [0.717, 1.165) is 80.1 Å². The van der Waals surface area contributed by atoms with Gasteiger partial charge in [-0.2, -0.15) is 14.7 Å². The summed E-state index contributed by atoms with van der Waals surface area (Å²) in [7, 11) is 2.13. The van der Waals surface area contributed by atoms with Gasteiger partial charge in [0.15, 0.2) is 5.65 Å². The molecule has 2 N–H and O–H groups in total. The van der Waals surface area contributed by atoms with E-state index in [1.807, 2.05) is 41.4 Å². The number of carbonyl (C=O) groups excluding carboxylic acids is 2.